The zero-order valence-corrected chi connectivity index (χ0v) is 15.6. The zero-order chi connectivity index (χ0) is 18.1. The van der Waals surface area contributed by atoms with Crippen molar-refractivity contribution in [2.45, 2.75) is 32.7 Å². The maximum atomic E-state index is 12.8. The van der Waals surface area contributed by atoms with Gasteiger partial charge in [-0.05, 0) is 44.0 Å². The molecule has 3 rings (SSSR count). The van der Waals surface area contributed by atoms with E-state index >= 15 is 0 Å². The molecule has 1 aromatic rings. The summed E-state index contributed by atoms with van der Waals surface area (Å²) in [6.45, 7) is 6.45. The minimum atomic E-state index is -0.106. The van der Waals surface area contributed by atoms with E-state index in [9.17, 15) is 9.59 Å². The summed E-state index contributed by atoms with van der Waals surface area (Å²) in [7, 11) is 3.99. The van der Waals surface area contributed by atoms with Gasteiger partial charge in [-0.25, -0.2) is 4.79 Å². The lowest BCUT2D eigenvalue weighted by molar-refractivity contribution is -0.116. The molecule has 136 valence electrons. The van der Waals surface area contributed by atoms with Gasteiger partial charge < -0.3 is 20.0 Å². The molecule has 6 heteroatoms. The standard InChI is InChI=1S/C19H28N4O2/c1-13-12-21(3)10-9-17(13)22(4)19(25)20-16-7-5-6-15-8-11-23(14(2)24)18(15)16/h5-7,13,17H,8-12H2,1-4H3,(H,20,25). The molecule has 3 amide bonds. The third-order valence-corrected chi connectivity index (χ3v) is 5.50. The van der Waals surface area contributed by atoms with Gasteiger partial charge in [0.1, 0.15) is 0 Å². The number of likely N-dealkylation sites (tertiary alicyclic amines) is 1. The molecule has 2 unspecified atom stereocenters. The minimum Gasteiger partial charge on any atom is -0.324 e. The van der Waals surface area contributed by atoms with Crippen molar-refractivity contribution in [1.29, 1.82) is 0 Å². The highest BCUT2D eigenvalue weighted by Crippen LogP contribution is 2.36. The number of hydrogen-bond acceptors (Lipinski definition) is 3. The third-order valence-electron chi connectivity index (χ3n) is 5.50. The second-order valence-electron chi connectivity index (χ2n) is 7.37. The highest BCUT2D eigenvalue weighted by atomic mass is 16.2. The van der Waals surface area contributed by atoms with Crippen LogP contribution in [0.5, 0.6) is 0 Å². The van der Waals surface area contributed by atoms with Crippen LogP contribution in [0.4, 0.5) is 16.2 Å². The number of benzene rings is 1. The van der Waals surface area contributed by atoms with Gasteiger partial charge >= 0.3 is 6.03 Å². The number of urea groups is 1. The van der Waals surface area contributed by atoms with Crippen molar-refractivity contribution in [3.8, 4) is 0 Å². The largest absolute Gasteiger partial charge is 0.324 e. The van der Waals surface area contributed by atoms with Crippen LogP contribution >= 0.6 is 0 Å². The minimum absolute atomic E-state index is 0.0118. The molecule has 2 aliphatic heterocycles. The number of carbonyl (C=O) groups excluding carboxylic acids is 2. The second kappa shape index (κ2) is 7.04. The lowest BCUT2D eigenvalue weighted by atomic mass is 9.93. The molecule has 25 heavy (non-hydrogen) atoms. The monoisotopic (exact) mass is 344 g/mol. The van der Waals surface area contributed by atoms with E-state index in [-0.39, 0.29) is 18.0 Å². The SMILES string of the molecule is CC(=O)N1CCc2cccc(NC(=O)N(C)C3CCN(C)CC3C)c21. The Bertz CT molecular complexity index is 675. The summed E-state index contributed by atoms with van der Waals surface area (Å²) < 4.78 is 0. The van der Waals surface area contributed by atoms with Crippen molar-refractivity contribution < 1.29 is 9.59 Å². The van der Waals surface area contributed by atoms with Crippen molar-refractivity contribution in [3.05, 3.63) is 23.8 Å². The van der Waals surface area contributed by atoms with E-state index in [2.05, 4.69) is 24.2 Å². The fourth-order valence-electron chi connectivity index (χ4n) is 4.14. The number of piperidine rings is 1. The first kappa shape index (κ1) is 17.7. The predicted molar refractivity (Wildman–Crippen MR) is 100 cm³/mol. The van der Waals surface area contributed by atoms with Gasteiger partial charge in [0.25, 0.3) is 0 Å². The maximum Gasteiger partial charge on any atom is 0.321 e. The fraction of sp³-hybridized carbons (Fsp3) is 0.579. The Labute approximate surface area is 149 Å². The number of hydrogen-bond donors (Lipinski definition) is 1. The Morgan fingerprint density at radius 2 is 2.04 bits per heavy atom. The van der Waals surface area contributed by atoms with Crippen molar-refractivity contribution in [2.75, 3.05) is 43.9 Å². The average molecular weight is 344 g/mol. The Kier molecular flexibility index (Phi) is 4.99. The molecule has 2 atom stereocenters. The summed E-state index contributed by atoms with van der Waals surface area (Å²) in [5.41, 5.74) is 2.69. The van der Waals surface area contributed by atoms with E-state index in [0.29, 0.717) is 12.5 Å². The smallest absolute Gasteiger partial charge is 0.321 e. The van der Waals surface area contributed by atoms with Crippen LogP contribution in [-0.4, -0.2) is 61.5 Å². The molecule has 1 N–H and O–H groups in total. The van der Waals surface area contributed by atoms with E-state index in [4.69, 9.17) is 0 Å². The van der Waals surface area contributed by atoms with Gasteiger partial charge in [-0.3, -0.25) is 4.79 Å². The molecule has 0 aliphatic carbocycles. The molecule has 1 fully saturated rings. The number of carbonyl (C=O) groups is 2. The molecule has 1 aromatic carbocycles. The number of para-hydroxylation sites is 1. The second-order valence-corrected chi connectivity index (χ2v) is 7.37. The first-order valence-corrected chi connectivity index (χ1v) is 9.01. The van der Waals surface area contributed by atoms with E-state index in [0.717, 1.165) is 42.9 Å². The van der Waals surface area contributed by atoms with Crippen LogP contribution in [0, 0.1) is 5.92 Å². The molecule has 0 bridgehead atoms. The van der Waals surface area contributed by atoms with Crippen LogP contribution in [0.3, 0.4) is 0 Å². The summed E-state index contributed by atoms with van der Waals surface area (Å²) in [4.78, 5) is 30.6. The van der Waals surface area contributed by atoms with Crippen molar-refractivity contribution in [1.82, 2.24) is 9.80 Å². The lowest BCUT2D eigenvalue weighted by Gasteiger charge is -2.40. The highest BCUT2D eigenvalue weighted by Gasteiger charge is 2.31. The lowest BCUT2D eigenvalue weighted by Crippen LogP contribution is -2.50. The number of anilines is 2. The summed E-state index contributed by atoms with van der Waals surface area (Å²) in [5, 5.41) is 3.04. The van der Waals surface area contributed by atoms with Crippen molar-refractivity contribution >= 4 is 23.3 Å². The number of fused-ring (bicyclic) bond motifs is 1. The van der Waals surface area contributed by atoms with Gasteiger partial charge in [0.2, 0.25) is 5.91 Å². The van der Waals surface area contributed by atoms with E-state index in [1.807, 2.05) is 30.1 Å². The van der Waals surface area contributed by atoms with Crippen LogP contribution in [0.15, 0.2) is 18.2 Å². The van der Waals surface area contributed by atoms with Gasteiger partial charge in [0.15, 0.2) is 0 Å². The summed E-state index contributed by atoms with van der Waals surface area (Å²) >= 11 is 0. The summed E-state index contributed by atoms with van der Waals surface area (Å²) in [5.74, 6) is 0.447. The number of amides is 3. The normalized spacial score (nSPS) is 23.3. The molecule has 1 saturated heterocycles. The molecule has 2 heterocycles. The van der Waals surface area contributed by atoms with Gasteiger partial charge in [0.05, 0.1) is 11.4 Å². The predicted octanol–water partition coefficient (Wildman–Crippen LogP) is 2.40. The topological polar surface area (TPSA) is 55.9 Å². The molecular formula is C19H28N4O2. The van der Waals surface area contributed by atoms with Crippen molar-refractivity contribution in [3.63, 3.8) is 0 Å². The molecule has 0 spiro atoms. The van der Waals surface area contributed by atoms with Crippen LogP contribution in [0.1, 0.15) is 25.8 Å². The van der Waals surface area contributed by atoms with Gasteiger partial charge in [-0.1, -0.05) is 19.1 Å². The molecule has 2 aliphatic rings. The van der Waals surface area contributed by atoms with Gasteiger partial charge in [-0.15, -0.1) is 0 Å². The Morgan fingerprint density at radius 3 is 2.72 bits per heavy atom. The van der Waals surface area contributed by atoms with Crippen LogP contribution in [0.2, 0.25) is 0 Å². The molecule has 0 saturated carbocycles. The van der Waals surface area contributed by atoms with Crippen molar-refractivity contribution in [2.24, 2.45) is 5.92 Å². The number of nitrogens with one attached hydrogen (secondary N) is 1. The van der Waals surface area contributed by atoms with Crippen LogP contribution in [-0.2, 0) is 11.2 Å². The van der Waals surface area contributed by atoms with Gasteiger partial charge in [0, 0.05) is 33.1 Å². The molecule has 0 radical (unpaired) electrons. The maximum absolute atomic E-state index is 12.8. The van der Waals surface area contributed by atoms with E-state index in [1.165, 1.54) is 0 Å². The highest BCUT2D eigenvalue weighted by molar-refractivity contribution is 6.02. The van der Waals surface area contributed by atoms with E-state index < -0.39 is 0 Å². The third kappa shape index (κ3) is 3.49. The molecule has 6 nitrogen and oxygen atoms in total. The quantitative estimate of drug-likeness (QED) is 0.896. The molecular weight excluding hydrogens is 316 g/mol. The summed E-state index contributed by atoms with van der Waals surface area (Å²) in [6, 6.07) is 5.97. The first-order chi connectivity index (χ1) is 11.9. The fourth-order valence-corrected chi connectivity index (χ4v) is 4.14. The Hall–Kier alpha value is -2.08. The first-order valence-electron chi connectivity index (χ1n) is 9.01. The number of rotatable bonds is 2. The van der Waals surface area contributed by atoms with E-state index in [1.54, 1.807) is 11.8 Å². The van der Waals surface area contributed by atoms with Gasteiger partial charge in [-0.2, -0.15) is 0 Å². The van der Waals surface area contributed by atoms with Crippen LogP contribution < -0.4 is 10.2 Å². The average Bonchev–Trinajstić information content (AvgIpc) is 2.99. The summed E-state index contributed by atoms with van der Waals surface area (Å²) in [6.07, 6.45) is 1.81. The Morgan fingerprint density at radius 1 is 1.28 bits per heavy atom. The Balaban J connectivity index is 1.76. The zero-order valence-electron chi connectivity index (χ0n) is 15.6. The molecule has 0 aromatic heterocycles. The van der Waals surface area contributed by atoms with Crippen LogP contribution in [0.25, 0.3) is 0 Å². The number of nitrogens with zero attached hydrogens (tertiary/aromatic N) is 3.